The molecule has 3 heteroatoms. The van der Waals surface area contributed by atoms with Crippen LogP contribution in [0.4, 0.5) is 5.82 Å². The first-order valence-corrected chi connectivity index (χ1v) is 5.72. The Bertz CT molecular complexity index is 516. The predicted molar refractivity (Wildman–Crippen MR) is 66.1 cm³/mol. The van der Waals surface area contributed by atoms with Crippen molar-refractivity contribution in [3.05, 3.63) is 36.0 Å². The van der Waals surface area contributed by atoms with Crippen LogP contribution in [-0.2, 0) is 0 Å². The third-order valence-corrected chi connectivity index (χ3v) is 3.28. The molecule has 1 aliphatic heterocycles. The van der Waals surface area contributed by atoms with E-state index in [2.05, 4.69) is 28.5 Å². The van der Waals surface area contributed by atoms with E-state index in [0.717, 1.165) is 11.9 Å². The van der Waals surface area contributed by atoms with Crippen LogP contribution in [0.15, 0.2) is 30.5 Å². The molecule has 2 heterocycles. The van der Waals surface area contributed by atoms with E-state index >= 15 is 0 Å². The van der Waals surface area contributed by atoms with Gasteiger partial charge in [0.15, 0.2) is 0 Å². The summed E-state index contributed by atoms with van der Waals surface area (Å²) in [5.74, 6) is 0.614. The van der Waals surface area contributed by atoms with E-state index in [1.165, 1.54) is 23.8 Å². The summed E-state index contributed by atoms with van der Waals surface area (Å²) in [5, 5.41) is 5.73. The lowest BCUT2D eigenvalue weighted by Crippen LogP contribution is -2.12. The van der Waals surface area contributed by atoms with Gasteiger partial charge in [-0.3, -0.25) is 0 Å². The normalized spacial score (nSPS) is 20.4. The summed E-state index contributed by atoms with van der Waals surface area (Å²) < 4.78 is 0. The van der Waals surface area contributed by atoms with E-state index in [-0.39, 0.29) is 0 Å². The van der Waals surface area contributed by atoms with E-state index < -0.39 is 0 Å². The molecule has 0 unspecified atom stereocenters. The molecule has 0 saturated carbocycles. The molecule has 1 fully saturated rings. The molecule has 3 N–H and O–H groups in total. The molecule has 0 aliphatic carbocycles. The number of nitrogens with two attached hydrogens (primary N) is 1. The van der Waals surface area contributed by atoms with Crippen LogP contribution < -0.4 is 11.1 Å². The molecule has 1 aliphatic rings. The van der Waals surface area contributed by atoms with Crippen molar-refractivity contribution < 1.29 is 0 Å². The molecule has 1 saturated heterocycles. The van der Waals surface area contributed by atoms with Gasteiger partial charge in [0.05, 0.1) is 0 Å². The van der Waals surface area contributed by atoms with Crippen molar-refractivity contribution >= 4 is 16.6 Å². The van der Waals surface area contributed by atoms with Gasteiger partial charge in [0.1, 0.15) is 5.82 Å². The van der Waals surface area contributed by atoms with Crippen molar-refractivity contribution in [2.45, 2.75) is 18.9 Å². The van der Waals surface area contributed by atoms with Gasteiger partial charge in [0, 0.05) is 17.6 Å². The number of hydrogen-bond donors (Lipinski definition) is 2. The van der Waals surface area contributed by atoms with Gasteiger partial charge < -0.3 is 11.1 Å². The molecule has 82 valence electrons. The number of nitrogens with one attached hydrogen (secondary N) is 1. The highest BCUT2D eigenvalue weighted by atomic mass is 14.9. The average molecular weight is 213 g/mol. The highest BCUT2D eigenvalue weighted by molar-refractivity contribution is 5.91. The zero-order valence-corrected chi connectivity index (χ0v) is 9.11. The smallest absolute Gasteiger partial charge is 0.131 e. The highest BCUT2D eigenvalue weighted by Gasteiger charge is 2.16. The van der Waals surface area contributed by atoms with Gasteiger partial charge in [-0.15, -0.1) is 0 Å². The van der Waals surface area contributed by atoms with Gasteiger partial charge >= 0.3 is 0 Å². The number of fused-ring (bicyclic) bond motifs is 1. The van der Waals surface area contributed by atoms with Crippen LogP contribution in [-0.4, -0.2) is 11.5 Å². The third kappa shape index (κ3) is 1.53. The first-order valence-electron chi connectivity index (χ1n) is 5.72. The van der Waals surface area contributed by atoms with Crippen molar-refractivity contribution in [3.8, 4) is 0 Å². The maximum Gasteiger partial charge on any atom is 0.131 e. The Morgan fingerprint density at radius 2 is 2.25 bits per heavy atom. The largest absolute Gasteiger partial charge is 0.383 e. The molecule has 1 aromatic heterocycles. The SMILES string of the molecule is Nc1nccc2cc([C@H]3CCCN3)ccc12. The molecular formula is C13H15N3. The average Bonchev–Trinajstić information content (AvgIpc) is 2.82. The highest BCUT2D eigenvalue weighted by Crippen LogP contribution is 2.27. The topological polar surface area (TPSA) is 50.9 Å². The van der Waals surface area contributed by atoms with Crippen molar-refractivity contribution in [2.24, 2.45) is 0 Å². The second-order valence-corrected chi connectivity index (χ2v) is 4.33. The Balaban J connectivity index is 2.08. The summed E-state index contributed by atoms with van der Waals surface area (Å²) in [4.78, 5) is 4.10. The van der Waals surface area contributed by atoms with Gasteiger partial charge in [0.2, 0.25) is 0 Å². The maximum absolute atomic E-state index is 5.83. The summed E-state index contributed by atoms with van der Waals surface area (Å²) in [6, 6.07) is 8.98. The maximum atomic E-state index is 5.83. The number of hydrogen-bond acceptors (Lipinski definition) is 3. The number of rotatable bonds is 1. The van der Waals surface area contributed by atoms with Crippen LogP contribution in [0.1, 0.15) is 24.4 Å². The molecule has 1 aromatic carbocycles. The van der Waals surface area contributed by atoms with Gasteiger partial charge in [-0.1, -0.05) is 12.1 Å². The Morgan fingerprint density at radius 1 is 1.31 bits per heavy atom. The zero-order chi connectivity index (χ0) is 11.0. The predicted octanol–water partition coefficient (Wildman–Crippen LogP) is 2.24. The lowest BCUT2D eigenvalue weighted by molar-refractivity contribution is 0.648. The number of aromatic nitrogens is 1. The Kier molecular flexibility index (Phi) is 2.26. The van der Waals surface area contributed by atoms with Crippen LogP contribution in [0.25, 0.3) is 10.8 Å². The summed E-state index contributed by atoms with van der Waals surface area (Å²) in [6.07, 6.45) is 4.26. The van der Waals surface area contributed by atoms with Crippen molar-refractivity contribution in [1.29, 1.82) is 0 Å². The van der Waals surface area contributed by atoms with E-state index in [1.54, 1.807) is 6.20 Å². The monoisotopic (exact) mass is 213 g/mol. The molecule has 2 aromatic rings. The van der Waals surface area contributed by atoms with Crippen molar-refractivity contribution in [3.63, 3.8) is 0 Å². The number of nitrogen functional groups attached to an aromatic ring is 1. The summed E-state index contributed by atoms with van der Waals surface area (Å²) in [5.41, 5.74) is 7.19. The van der Waals surface area contributed by atoms with Crippen LogP contribution in [0, 0.1) is 0 Å². The minimum atomic E-state index is 0.513. The Morgan fingerprint density at radius 3 is 3.06 bits per heavy atom. The standard InChI is InChI=1S/C13H15N3/c14-13-11-4-3-10(12-2-1-6-15-12)8-9(11)5-7-16-13/h3-5,7-8,12,15H,1-2,6H2,(H2,14,16)/t12-/m1/s1. The molecule has 0 radical (unpaired) electrons. The Hall–Kier alpha value is -1.61. The van der Waals surface area contributed by atoms with Crippen LogP contribution in [0.3, 0.4) is 0 Å². The number of pyridine rings is 1. The first kappa shape index (κ1) is 9.60. The fraction of sp³-hybridized carbons (Fsp3) is 0.308. The summed E-state index contributed by atoms with van der Waals surface area (Å²) >= 11 is 0. The van der Waals surface area contributed by atoms with Gasteiger partial charge in [-0.2, -0.15) is 0 Å². The fourth-order valence-corrected chi connectivity index (χ4v) is 2.41. The quantitative estimate of drug-likeness (QED) is 0.763. The van der Waals surface area contributed by atoms with Gasteiger partial charge in [0.25, 0.3) is 0 Å². The lowest BCUT2D eigenvalue weighted by atomic mass is 10.0. The third-order valence-electron chi connectivity index (χ3n) is 3.28. The van der Waals surface area contributed by atoms with Gasteiger partial charge in [-0.05, 0) is 42.5 Å². The zero-order valence-electron chi connectivity index (χ0n) is 9.11. The molecule has 0 bridgehead atoms. The van der Waals surface area contributed by atoms with E-state index in [4.69, 9.17) is 5.73 Å². The molecular weight excluding hydrogens is 198 g/mol. The summed E-state index contributed by atoms with van der Waals surface area (Å²) in [6.45, 7) is 1.13. The number of benzene rings is 1. The molecule has 3 rings (SSSR count). The van der Waals surface area contributed by atoms with Crippen LogP contribution in [0.2, 0.25) is 0 Å². The van der Waals surface area contributed by atoms with Crippen molar-refractivity contribution in [1.82, 2.24) is 10.3 Å². The fourth-order valence-electron chi connectivity index (χ4n) is 2.41. The second kappa shape index (κ2) is 3.76. The second-order valence-electron chi connectivity index (χ2n) is 4.33. The van der Waals surface area contributed by atoms with Crippen LogP contribution >= 0.6 is 0 Å². The van der Waals surface area contributed by atoms with Gasteiger partial charge in [-0.25, -0.2) is 4.98 Å². The molecule has 0 spiro atoms. The minimum Gasteiger partial charge on any atom is -0.383 e. The first-order chi connectivity index (χ1) is 7.84. The lowest BCUT2D eigenvalue weighted by Gasteiger charge is -2.11. The minimum absolute atomic E-state index is 0.513. The summed E-state index contributed by atoms with van der Waals surface area (Å²) in [7, 11) is 0. The van der Waals surface area contributed by atoms with E-state index in [9.17, 15) is 0 Å². The molecule has 16 heavy (non-hydrogen) atoms. The van der Waals surface area contributed by atoms with Crippen LogP contribution in [0.5, 0.6) is 0 Å². The molecule has 1 atom stereocenters. The van der Waals surface area contributed by atoms with E-state index in [0.29, 0.717) is 11.9 Å². The number of nitrogens with zero attached hydrogens (tertiary/aromatic N) is 1. The number of anilines is 1. The molecule has 3 nitrogen and oxygen atoms in total. The Labute approximate surface area is 94.7 Å². The molecule has 0 amide bonds. The van der Waals surface area contributed by atoms with Crippen molar-refractivity contribution in [2.75, 3.05) is 12.3 Å². The van der Waals surface area contributed by atoms with E-state index in [1.807, 2.05) is 6.07 Å².